The molecule has 0 spiro atoms. The van der Waals surface area contributed by atoms with Gasteiger partial charge in [0.15, 0.2) is 6.20 Å². The molecule has 2 rings (SSSR count). The fourth-order valence-electron chi connectivity index (χ4n) is 1.53. The fourth-order valence-corrected chi connectivity index (χ4v) is 2.42. The molecule has 1 aromatic carbocycles. The van der Waals surface area contributed by atoms with Crippen molar-refractivity contribution in [3.8, 4) is 0 Å². The first kappa shape index (κ1) is 15.1. The number of nitro benzene ring substituents is 1. The Balaban J connectivity index is 2.45. The Morgan fingerprint density at radius 3 is 2.48 bits per heavy atom. The van der Waals surface area contributed by atoms with Crippen LogP contribution in [0.4, 0.5) is 18.9 Å². The van der Waals surface area contributed by atoms with Gasteiger partial charge in [-0.3, -0.25) is 10.1 Å². The largest absolute Gasteiger partial charge is 0.618 e. The van der Waals surface area contributed by atoms with Gasteiger partial charge in [-0.1, -0.05) is 0 Å². The summed E-state index contributed by atoms with van der Waals surface area (Å²) in [5, 5.41) is 22.5. The number of alkyl halides is 3. The van der Waals surface area contributed by atoms with Gasteiger partial charge in [-0.2, -0.15) is 17.9 Å². The first-order valence-electron chi connectivity index (χ1n) is 5.51. The first-order valence-corrected chi connectivity index (χ1v) is 6.32. The molecule has 21 heavy (non-hydrogen) atoms. The van der Waals surface area contributed by atoms with Crippen LogP contribution in [0.3, 0.4) is 0 Å². The lowest BCUT2D eigenvalue weighted by molar-refractivity contribution is -0.645. The van der Waals surface area contributed by atoms with Crippen LogP contribution in [-0.2, 0) is 6.18 Å². The molecule has 0 saturated heterocycles. The topological polar surface area (TPSA) is 70.1 Å². The van der Waals surface area contributed by atoms with Gasteiger partial charge in [-0.15, -0.1) is 0 Å². The monoisotopic (exact) mass is 316 g/mol. The van der Waals surface area contributed by atoms with E-state index in [1.807, 2.05) is 0 Å². The number of benzene rings is 1. The number of pyridine rings is 1. The smallest absolute Gasteiger partial charge is 0.416 e. The number of nitrogens with zero attached hydrogens (tertiary/aromatic N) is 2. The van der Waals surface area contributed by atoms with E-state index >= 15 is 0 Å². The number of hydrogen-bond donors (Lipinski definition) is 0. The van der Waals surface area contributed by atoms with Crippen molar-refractivity contribution in [2.75, 3.05) is 0 Å². The molecular weight excluding hydrogens is 309 g/mol. The van der Waals surface area contributed by atoms with Crippen LogP contribution >= 0.6 is 11.8 Å². The van der Waals surface area contributed by atoms with Gasteiger partial charge in [0.25, 0.3) is 10.7 Å². The van der Waals surface area contributed by atoms with E-state index in [0.29, 0.717) is 10.8 Å². The molecule has 0 bridgehead atoms. The number of rotatable bonds is 3. The molecule has 0 unspecified atom stereocenters. The second-order valence-electron chi connectivity index (χ2n) is 3.90. The third-order valence-corrected chi connectivity index (χ3v) is 3.58. The van der Waals surface area contributed by atoms with Crippen LogP contribution < -0.4 is 4.73 Å². The second-order valence-corrected chi connectivity index (χ2v) is 4.97. The summed E-state index contributed by atoms with van der Waals surface area (Å²) in [7, 11) is 0. The van der Waals surface area contributed by atoms with Gasteiger partial charge in [0, 0.05) is 18.2 Å². The predicted octanol–water partition coefficient (Wildman–Crippen LogP) is 3.40. The van der Waals surface area contributed by atoms with Gasteiger partial charge in [-0.05, 0) is 30.0 Å². The van der Waals surface area contributed by atoms with Crippen molar-refractivity contribution in [3.05, 3.63) is 63.5 Å². The van der Waals surface area contributed by atoms with E-state index in [4.69, 9.17) is 0 Å². The number of nitro groups is 1. The lowest BCUT2D eigenvalue weighted by Crippen LogP contribution is -2.27. The first-order chi connectivity index (χ1) is 9.79. The Labute approximate surface area is 120 Å². The maximum absolute atomic E-state index is 12.6. The van der Waals surface area contributed by atoms with Crippen molar-refractivity contribution in [1.82, 2.24) is 0 Å². The molecule has 9 heteroatoms. The molecule has 0 saturated carbocycles. The summed E-state index contributed by atoms with van der Waals surface area (Å²) in [4.78, 5) is 9.97. The average Bonchev–Trinajstić information content (AvgIpc) is 2.40. The van der Waals surface area contributed by atoms with Crippen LogP contribution in [0.5, 0.6) is 0 Å². The second kappa shape index (κ2) is 5.60. The molecule has 0 aliphatic heterocycles. The van der Waals surface area contributed by atoms with E-state index in [9.17, 15) is 28.5 Å². The van der Waals surface area contributed by atoms with Gasteiger partial charge >= 0.3 is 6.18 Å². The SMILES string of the molecule is O=[N+]([O-])c1cc(C(F)(F)F)ccc1Sc1cccc[n+]1[O-]. The molecule has 5 nitrogen and oxygen atoms in total. The van der Waals surface area contributed by atoms with Crippen molar-refractivity contribution in [2.24, 2.45) is 0 Å². The summed E-state index contributed by atoms with van der Waals surface area (Å²) < 4.78 is 38.2. The van der Waals surface area contributed by atoms with Gasteiger partial charge in [0.2, 0.25) is 0 Å². The van der Waals surface area contributed by atoms with Crippen LogP contribution in [-0.4, -0.2) is 4.92 Å². The molecule has 0 aliphatic carbocycles. The molecule has 1 aromatic heterocycles. The summed E-state index contributed by atoms with van der Waals surface area (Å²) >= 11 is 0.730. The summed E-state index contributed by atoms with van der Waals surface area (Å²) in [5.41, 5.74) is -1.81. The summed E-state index contributed by atoms with van der Waals surface area (Å²) in [5.74, 6) is 0. The predicted molar refractivity (Wildman–Crippen MR) is 67.6 cm³/mol. The van der Waals surface area contributed by atoms with Gasteiger partial charge < -0.3 is 5.21 Å². The molecule has 0 aliphatic rings. The molecule has 1 heterocycles. The van der Waals surface area contributed by atoms with Crippen molar-refractivity contribution < 1.29 is 22.8 Å². The van der Waals surface area contributed by atoms with Crippen LogP contribution in [0.1, 0.15) is 5.56 Å². The van der Waals surface area contributed by atoms with Crippen LogP contribution in [0.25, 0.3) is 0 Å². The average molecular weight is 316 g/mol. The Hall–Kier alpha value is -2.29. The minimum absolute atomic E-state index is 0.0381. The zero-order chi connectivity index (χ0) is 15.6. The lowest BCUT2D eigenvalue weighted by Gasteiger charge is -2.08. The van der Waals surface area contributed by atoms with Crippen molar-refractivity contribution in [1.29, 1.82) is 0 Å². The molecule has 2 aromatic rings. The highest BCUT2D eigenvalue weighted by molar-refractivity contribution is 7.99. The summed E-state index contributed by atoms with van der Waals surface area (Å²) in [6.07, 6.45) is -3.47. The highest BCUT2D eigenvalue weighted by atomic mass is 32.2. The zero-order valence-electron chi connectivity index (χ0n) is 10.2. The minimum Gasteiger partial charge on any atom is -0.618 e. The molecule has 0 atom stereocenters. The van der Waals surface area contributed by atoms with E-state index < -0.39 is 22.4 Å². The third kappa shape index (κ3) is 3.43. The molecule has 110 valence electrons. The molecule has 0 N–H and O–H groups in total. The van der Waals surface area contributed by atoms with Crippen LogP contribution in [0, 0.1) is 15.3 Å². The lowest BCUT2D eigenvalue weighted by atomic mass is 10.2. The highest BCUT2D eigenvalue weighted by Crippen LogP contribution is 2.38. The number of hydrogen-bond acceptors (Lipinski definition) is 4. The maximum Gasteiger partial charge on any atom is 0.416 e. The zero-order valence-corrected chi connectivity index (χ0v) is 11.0. The van der Waals surface area contributed by atoms with Gasteiger partial charge in [0.1, 0.15) is 0 Å². The fraction of sp³-hybridized carbons (Fsp3) is 0.0833. The normalized spacial score (nSPS) is 11.4. The third-order valence-electron chi connectivity index (χ3n) is 2.49. The summed E-state index contributed by atoms with van der Waals surface area (Å²) in [6, 6.07) is 6.62. The van der Waals surface area contributed by atoms with Crippen molar-refractivity contribution in [3.63, 3.8) is 0 Å². The number of aromatic nitrogens is 1. The minimum atomic E-state index is -4.67. The molecule has 0 radical (unpaired) electrons. The van der Waals surface area contributed by atoms with E-state index in [2.05, 4.69) is 0 Å². The Kier molecular flexibility index (Phi) is 4.03. The maximum atomic E-state index is 12.6. The highest BCUT2D eigenvalue weighted by Gasteiger charge is 2.33. The Bertz CT molecular complexity index is 692. The van der Waals surface area contributed by atoms with E-state index in [0.717, 1.165) is 23.9 Å². The van der Waals surface area contributed by atoms with Crippen molar-refractivity contribution in [2.45, 2.75) is 16.1 Å². The Morgan fingerprint density at radius 1 is 1.19 bits per heavy atom. The van der Waals surface area contributed by atoms with Crippen molar-refractivity contribution >= 4 is 17.4 Å². The van der Waals surface area contributed by atoms with Gasteiger partial charge in [-0.25, -0.2) is 0 Å². The van der Waals surface area contributed by atoms with Gasteiger partial charge in [0.05, 0.1) is 15.4 Å². The van der Waals surface area contributed by atoms with Crippen LogP contribution in [0.2, 0.25) is 0 Å². The molecule has 0 amide bonds. The number of halogens is 3. The quantitative estimate of drug-likeness (QED) is 0.376. The van der Waals surface area contributed by atoms with E-state index in [1.54, 1.807) is 6.07 Å². The molecule has 0 fully saturated rings. The Morgan fingerprint density at radius 2 is 1.90 bits per heavy atom. The summed E-state index contributed by atoms with van der Waals surface area (Å²) in [6.45, 7) is 0. The standard InChI is InChI=1S/C12H7F3N2O3S/c13-12(14,15)8-4-5-10(9(7-8)17(19)20)21-11-3-1-2-6-16(11)18/h1-7H. The van der Waals surface area contributed by atoms with E-state index in [-0.39, 0.29) is 9.92 Å². The molecular formula is C12H7F3N2O3S. The van der Waals surface area contributed by atoms with E-state index in [1.165, 1.54) is 18.3 Å². The van der Waals surface area contributed by atoms with Crippen LogP contribution in [0.15, 0.2) is 52.5 Å².